The average molecular weight is 326 g/mol. The van der Waals surface area contributed by atoms with E-state index < -0.39 is 0 Å². The molecular weight excluding hydrogens is 294 g/mol. The van der Waals surface area contributed by atoms with Crippen molar-refractivity contribution < 1.29 is 0 Å². The number of nitrogens with zero attached hydrogens (tertiary/aromatic N) is 3. The number of anilines is 1. The highest BCUT2D eigenvalue weighted by Gasteiger charge is 2.07. The zero-order valence-electron chi connectivity index (χ0n) is 14.8. The smallest absolute Gasteiger partial charge is 0.191 e. The number of rotatable bonds is 8. The maximum Gasteiger partial charge on any atom is 0.191 e. The first-order valence-corrected chi connectivity index (χ1v) is 8.96. The highest BCUT2D eigenvalue weighted by Crippen LogP contribution is 2.18. The molecule has 6 heteroatoms. The van der Waals surface area contributed by atoms with Crippen LogP contribution in [0.5, 0.6) is 0 Å². The molecule has 0 aliphatic rings. The molecule has 0 bridgehead atoms. The molecule has 0 radical (unpaired) electrons. The molecule has 0 saturated heterocycles. The van der Waals surface area contributed by atoms with Gasteiger partial charge in [-0.15, -0.1) is 11.3 Å². The van der Waals surface area contributed by atoms with Gasteiger partial charge in [-0.2, -0.15) is 0 Å². The SMILES string of the molecule is CCNC(=NCc1csc(N(C)C)n1)NC(C)CCC(C)C. The van der Waals surface area contributed by atoms with Crippen LogP contribution in [0.15, 0.2) is 10.4 Å². The molecule has 1 heterocycles. The van der Waals surface area contributed by atoms with Crippen molar-refractivity contribution in [2.75, 3.05) is 25.5 Å². The van der Waals surface area contributed by atoms with Gasteiger partial charge >= 0.3 is 0 Å². The molecule has 0 aromatic carbocycles. The molecule has 1 atom stereocenters. The minimum Gasteiger partial charge on any atom is -0.357 e. The number of nitrogens with one attached hydrogen (secondary N) is 2. The van der Waals surface area contributed by atoms with Crippen molar-refractivity contribution in [3.05, 3.63) is 11.1 Å². The Balaban J connectivity index is 2.56. The largest absolute Gasteiger partial charge is 0.357 e. The Hall–Kier alpha value is -1.30. The summed E-state index contributed by atoms with van der Waals surface area (Å²) in [6, 6.07) is 0.424. The van der Waals surface area contributed by atoms with Crippen molar-refractivity contribution in [3.63, 3.8) is 0 Å². The van der Waals surface area contributed by atoms with Gasteiger partial charge in [0.05, 0.1) is 12.2 Å². The Morgan fingerprint density at radius 1 is 1.32 bits per heavy atom. The van der Waals surface area contributed by atoms with E-state index in [2.05, 4.69) is 53.7 Å². The molecule has 126 valence electrons. The number of hydrogen-bond acceptors (Lipinski definition) is 4. The third kappa shape index (κ3) is 7.11. The van der Waals surface area contributed by atoms with Crippen LogP contribution in [0.1, 0.15) is 46.2 Å². The first kappa shape index (κ1) is 18.7. The van der Waals surface area contributed by atoms with Crippen molar-refractivity contribution >= 4 is 22.4 Å². The summed E-state index contributed by atoms with van der Waals surface area (Å²) in [5, 5.41) is 9.88. The van der Waals surface area contributed by atoms with Crippen molar-refractivity contribution in [1.82, 2.24) is 15.6 Å². The Kier molecular flexibility index (Phi) is 8.24. The van der Waals surface area contributed by atoms with Crippen LogP contribution in [0.3, 0.4) is 0 Å². The van der Waals surface area contributed by atoms with Gasteiger partial charge in [-0.3, -0.25) is 0 Å². The van der Waals surface area contributed by atoms with Gasteiger partial charge in [0.15, 0.2) is 11.1 Å². The van der Waals surface area contributed by atoms with Gasteiger partial charge in [0.2, 0.25) is 0 Å². The Labute approximate surface area is 139 Å². The number of guanidine groups is 1. The summed E-state index contributed by atoms with van der Waals surface area (Å²) in [4.78, 5) is 11.2. The highest BCUT2D eigenvalue weighted by atomic mass is 32.1. The summed E-state index contributed by atoms with van der Waals surface area (Å²) < 4.78 is 0. The Morgan fingerprint density at radius 3 is 2.59 bits per heavy atom. The van der Waals surface area contributed by atoms with Crippen molar-refractivity contribution in [3.8, 4) is 0 Å². The maximum atomic E-state index is 4.64. The van der Waals surface area contributed by atoms with E-state index >= 15 is 0 Å². The van der Waals surface area contributed by atoms with Gasteiger partial charge in [0.25, 0.3) is 0 Å². The van der Waals surface area contributed by atoms with Crippen molar-refractivity contribution in [1.29, 1.82) is 0 Å². The predicted octanol–water partition coefficient (Wildman–Crippen LogP) is 3.09. The molecule has 22 heavy (non-hydrogen) atoms. The second kappa shape index (κ2) is 9.66. The first-order chi connectivity index (χ1) is 10.4. The molecule has 2 N–H and O–H groups in total. The van der Waals surface area contributed by atoms with Gasteiger partial charge in [-0.05, 0) is 32.6 Å². The van der Waals surface area contributed by atoms with E-state index in [0.29, 0.717) is 12.6 Å². The zero-order valence-corrected chi connectivity index (χ0v) is 15.6. The molecule has 1 aromatic rings. The summed E-state index contributed by atoms with van der Waals surface area (Å²) >= 11 is 1.65. The summed E-state index contributed by atoms with van der Waals surface area (Å²) in [7, 11) is 4.02. The second-order valence-corrected chi connectivity index (χ2v) is 7.06. The molecular formula is C16H31N5S. The summed E-state index contributed by atoms with van der Waals surface area (Å²) in [6.07, 6.45) is 2.38. The van der Waals surface area contributed by atoms with Crippen LogP contribution in [-0.4, -0.2) is 37.6 Å². The fourth-order valence-corrected chi connectivity index (χ4v) is 2.69. The third-order valence-electron chi connectivity index (χ3n) is 3.23. The standard InChI is InChI=1S/C16H31N5S/c1-7-17-15(19-13(4)9-8-12(2)3)18-10-14-11-22-16(20-14)21(5)6/h11-13H,7-10H2,1-6H3,(H2,17,18,19). The molecule has 0 aliphatic carbocycles. The average Bonchev–Trinajstić information content (AvgIpc) is 2.92. The molecule has 1 rings (SSSR count). The van der Waals surface area contributed by atoms with E-state index in [-0.39, 0.29) is 0 Å². The number of aromatic nitrogens is 1. The molecule has 0 aliphatic heterocycles. The van der Waals surface area contributed by atoms with Crippen LogP contribution in [-0.2, 0) is 6.54 Å². The molecule has 0 spiro atoms. The predicted molar refractivity (Wildman–Crippen MR) is 97.9 cm³/mol. The quantitative estimate of drug-likeness (QED) is 0.570. The van der Waals surface area contributed by atoms with E-state index in [1.807, 2.05) is 19.0 Å². The first-order valence-electron chi connectivity index (χ1n) is 8.09. The highest BCUT2D eigenvalue weighted by molar-refractivity contribution is 7.13. The third-order valence-corrected chi connectivity index (χ3v) is 4.28. The lowest BCUT2D eigenvalue weighted by molar-refractivity contribution is 0.489. The maximum absolute atomic E-state index is 4.64. The topological polar surface area (TPSA) is 52.6 Å². The van der Waals surface area contributed by atoms with Gasteiger partial charge in [0, 0.05) is 32.1 Å². The van der Waals surface area contributed by atoms with Crippen LogP contribution >= 0.6 is 11.3 Å². The van der Waals surface area contributed by atoms with Gasteiger partial charge < -0.3 is 15.5 Å². The Bertz CT molecular complexity index is 453. The van der Waals surface area contributed by atoms with E-state index in [1.165, 1.54) is 6.42 Å². The lowest BCUT2D eigenvalue weighted by Crippen LogP contribution is -2.42. The van der Waals surface area contributed by atoms with Crippen LogP contribution < -0.4 is 15.5 Å². The number of thiazole rings is 1. The normalized spacial score (nSPS) is 13.3. The molecule has 5 nitrogen and oxygen atoms in total. The van der Waals surface area contributed by atoms with Crippen LogP contribution in [0.2, 0.25) is 0 Å². The fraction of sp³-hybridized carbons (Fsp3) is 0.750. The van der Waals surface area contributed by atoms with Crippen LogP contribution in [0, 0.1) is 5.92 Å². The fourth-order valence-electron chi connectivity index (χ4n) is 1.94. The van der Waals surface area contributed by atoms with Crippen LogP contribution in [0.4, 0.5) is 5.13 Å². The Morgan fingerprint density at radius 2 is 2.05 bits per heavy atom. The molecule has 0 fully saturated rings. The minimum atomic E-state index is 0.424. The molecule has 0 amide bonds. The number of aliphatic imine (C=N–C) groups is 1. The zero-order chi connectivity index (χ0) is 16.5. The molecule has 0 saturated carbocycles. The van der Waals surface area contributed by atoms with E-state index in [0.717, 1.165) is 35.7 Å². The summed E-state index contributed by atoms with van der Waals surface area (Å²) in [5.41, 5.74) is 1.01. The lowest BCUT2D eigenvalue weighted by Gasteiger charge is -2.18. The van der Waals surface area contributed by atoms with Gasteiger partial charge in [0.1, 0.15) is 0 Å². The summed E-state index contributed by atoms with van der Waals surface area (Å²) in [6.45, 7) is 10.3. The second-order valence-electron chi connectivity index (χ2n) is 6.23. The van der Waals surface area contributed by atoms with Gasteiger partial charge in [-0.25, -0.2) is 9.98 Å². The molecule has 1 aromatic heterocycles. The van der Waals surface area contributed by atoms with Crippen LogP contribution in [0.25, 0.3) is 0 Å². The van der Waals surface area contributed by atoms with E-state index in [4.69, 9.17) is 0 Å². The van der Waals surface area contributed by atoms with E-state index in [1.54, 1.807) is 11.3 Å². The number of hydrogen-bond donors (Lipinski definition) is 2. The minimum absolute atomic E-state index is 0.424. The lowest BCUT2D eigenvalue weighted by atomic mass is 10.0. The van der Waals surface area contributed by atoms with E-state index in [9.17, 15) is 0 Å². The molecule has 1 unspecified atom stereocenters. The van der Waals surface area contributed by atoms with Gasteiger partial charge in [-0.1, -0.05) is 13.8 Å². The van der Waals surface area contributed by atoms with Crippen molar-refractivity contribution in [2.24, 2.45) is 10.9 Å². The monoisotopic (exact) mass is 325 g/mol. The summed E-state index contributed by atoms with van der Waals surface area (Å²) in [5.74, 6) is 1.61. The van der Waals surface area contributed by atoms with Crippen molar-refractivity contribution in [2.45, 2.75) is 53.1 Å².